The van der Waals surface area contributed by atoms with Crippen LogP contribution in [0.25, 0.3) is 0 Å². The first-order valence-electron chi connectivity index (χ1n) is 5.31. The SMILES string of the molecule is CC(C)(C)C(=O)NCc1ccc(Cl)c(NS)c1. The van der Waals surface area contributed by atoms with Gasteiger partial charge in [0.25, 0.3) is 0 Å². The molecule has 5 heteroatoms. The van der Waals surface area contributed by atoms with Crippen LogP contribution in [0.2, 0.25) is 5.02 Å². The molecule has 1 amide bonds. The molecule has 94 valence electrons. The van der Waals surface area contributed by atoms with Crippen molar-refractivity contribution in [3.05, 3.63) is 28.8 Å². The van der Waals surface area contributed by atoms with Crippen molar-refractivity contribution in [2.24, 2.45) is 5.41 Å². The fraction of sp³-hybridized carbons (Fsp3) is 0.417. The number of amides is 1. The van der Waals surface area contributed by atoms with Crippen molar-refractivity contribution < 1.29 is 4.79 Å². The second-order valence-corrected chi connectivity index (χ2v) is 5.49. The fourth-order valence-electron chi connectivity index (χ4n) is 1.22. The minimum Gasteiger partial charge on any atom is -0.352 e. The van der Waals surface area contributed by atoms with Crippen LogP contribution in [0.1, 0.15) is 26.3 Å². The van der Waals surface area contributed by atoms with Gasteiger partial charge in [-0.15, -0.1) is 0 Å². The van der Waals surface area contributed by atoms with Crippen molar-refractivity contribution in [1.82, 2.24) is 5.32 Å². The maximum absolute atomic E-state index is 11.7. The average Bonchev–Trinajstić information content (AvgIpc) is 2.26. The zero-order chi connectivity index (χ0) is 13.1. The van der Waals surface area contributed by atoms with Crippen LogP contribution in [0.15, 0.2) is 18.2 Å². The van der Waals surface area contributed by atoms with Gasteiger partial charge in [0.1, 0.15) is 0 Å². The van der Waals surface area contributed by atoms with E-state index in [0.717, 1.165) is 11.3 Å². The van der Waals surface area contributed by atoms with Gasteiger partial charge in [-0.25, -0.2) is 0 Å². The number of halogens is 1. The van der Waals surface area contributed by atoms with Crippen LogP contribution in [0, 0.1) is 5.41 Å². The topological polar surface area (TPSA) is 41.1 Å². The van der Waals surface area contributed by atoms with Gasteiger partial charge in [-0.05, 0) is 17.7 Å². The quantitative estimate of drug-likeness (QED) is 0.740. The first kappa shape index (κ1) is 14.2. The summed E-state index contributed by atoms with van der Waals surface area (Å²) in [6.07, 6.45) is 0. The molecule has 2 N–H and O–H groups in total. The molecule has 0 heterocycles. The monoisotopic (exact) mass is 272 g/mol. The lowest BCUT2D eigenvalue weighted by Gasteiger charge is -2.17. The highest BCUT2D eigenvalue weighted by Crippen LogP contribution is 2.23. The number of carbonyl (C=O) groups excluding carboxylic acids is 1. The zero-order valence-corrected chi connectivity index (χ0v) is 11.8. The van der Waals surface area contributed by atoms with E-state index in [0.29, 0.717) is 11.6 Å². The summed E-state index contributed by atoms with van der Waals surface area (Å²) in [6, 6.07) is 5.51. The molecule has 0 spiro atoms. The summed E-state index contributed by atoms with van der Waals surface area (Å²) >= 11 is 9.89. The van der Waals surface area contributed by atoms with E-state index in [9.17, 15) is 4.79 Å². The molecule has 0 aliphatic rings. The lowest BCUT2D eigenvalue weighted by Crippen LogP contribution is -2.34. The van der Waals surface area contributed by atoms with Crippen LogP contribution in [-0.2, 0) is 11.3 Å². The molecule has 0 aliphatic heterocycles. The summed E-state index contributed by atoms with van der Waals surface area (Å²) in [6.45, 7) is 6.12. The van der Waals surface area contributed by atoms with Crippen LogP contribution in [0.5, 0.6) is 0 Å². The second kappa shape index (κ2) is 5.65. The van der Waals surface area contributed by atoms with E-state index in [2.05, 4.69) is 22.9 Å². The summed E-state index contributed by atoms with van der Waals surface area (Å²) in [5.74, 6) is 0.0211. The first-order chi connectivity index (χ1) is 7.84. The summed E-state index contributed by atoms with van der Waals surface area (Å²) in [7, 11) is 0. The van der Waals surface area contributed by atoms with E-state index in [1.54, 1.807) is 6.07 Å². The van der Waals surface area contributed by atoms with Crippen LogP contribution in [0.3, 0.4) is 0 Å². The highest BCUT2D eigenvalue weighted by molar-refractivity contribution is 7.81. The van der Waals surface area contributed by atoms with Gasteiger partial charge in [0.2, 0.25) is 5.91 Å². The van der Waals surface area contributed by atoms with Gasteiger partial charge in [-0.3, -0.25) is 4.79 Å². The highest BCUT2D eigenvalue weighted by Gasteiger charge is 2.20. The normalized spacial score (nSPS) is 11.1. The Balaban J connectivity index is 2.67. The van der Waals surface area contributed by atoms with Crippen LogP contribution in [0.4, 0.5) is 5.69 Å². The maximum atomic E-state index is 11.7. The Bertz CT molecular complexity index is 415. The van der Waals surface area contributed by atoms with E-state index in [-0.39, 0.29) is 11.3 Å². The van der Waals surface area contributed by atoms with E-state index in [1.807, 2.05) is 32.9 Å². The Kier molecular flexibility index (Phi) is 4.71. The third-order valence-corrected chi connectivity index (χ3v) is 2.86. The van der Waals surface area contributed by atoms with Crippen LogP contribution >= 0.6 is 24.4 Å². The van der Waals surface area contributed by atoms with Crippen LogP contribution < -0.4 is 10.0 Å². The molecule has 1 aromatic rings. The Labute approximate surface area is 112 Å². The number of carbonyl (C=O) groups is 1. The summed E-state index contributed by atoms with van der Waals surface area (Å²) < 4.78 is 2.70. The molecule has 1 aromatic carbocycles. The Morgan fingerprint density at radius 1 is 1.41 bits per heavy atom. The third-order valence-electron chi connectivity index (χ3n) is 2.29. The average molecular weight is 273 g/mol. The van der Waals surface area contributed by atoms with Crippen molar-refractivity contribution >= 4 is 36.0 Å². The standard InChI is InChI=1S/C12H17ClN2OS/c1-12(2,3)11(16)14-7-8-4-5-9(13)10(6-8)15-17/h4-6,15,17H,7H2,1-3H3,(H,14,16). The number of hydrogen-bond donors (Lipinski definition) is 3. The van der Waals surface area contributed by atoms with E-state index in [4.69, 9.17) is 11.6 Å². The molecule has 0 atom stereocenters. The Morgan fingerprint density at radius 2 is 2.06 bits per heavy atom. The van der Waals surface area contributed by atoms with Gasteiger partial charge in [0.05, 0.1) is 10.7 Å². The molecule has 0 saturated carbocycles. The third kappa shape index (κ3) is 4.13. The molecular formula is C12H17ClN2OS. The van der Waals surface area contributed by atoms with Gasteiger partial charge < -0.3 is 10.0 Å². The van der Waals surface area contributed by atoms with Gasteiger partial charge in [0, 0.05) is 12.0 Å². The molecule has 0 saturated heterocycles. The van der Waals surface area contributed by atoms with Crippen molar-refractivity contribution in [1.29, 1.82) is 0 Å². The molecule has 17 heavy (non-hydrogen) atoms. The Hall–Kier alpha value is -0.870. The number of benzene rings is 1. The number of rotatable bonds is 3. The van der Waals surface area contributed by atoms with Crippen molar-refractivity contribution in [3.63, 3.8) is 0 Å². The predicted molar refractivity (Wildman–Crippen MR) is 75.4 cm³/mol. The molecule has 3 nitrogen and oxygen atoms in total. The van der Waals surface area contributed by atoms with E-state index in [1.165, 1.54) is 0 Å². The van der Waals surface area contributed by atoms with Gasteiger partial charge in [-0.2, -0.15) is 0 Å². The molecular weight excluding hydrogens is 256 g/mol. The van der Waals surface area contributed by atoms with Crippen LogP contribution in [-0.4, -0.2) is 5.91 Å². The number of anilines is 1. The smallest absolute Gasteiger partial charge is 0.225 e. The lowest BCUT2D eigenvalue weighted by molar-refractivity contribution is -0.128. The van der Waals surface area contributed by atoms with E-state index < -0.39 is 0 Å². The highest BCUT2D eigenvalue weighted by atomic mass is 35.5. The number of thiol groups is 1. The first-order valence-corrected chi connectivity index (χ1v) is 6.14. The molecule has 1 rings (SSSR count). The summed E-state index contributed by atoms with van der Waals surface area (Å²) in [4.78, 5) is 11.7. The minimum absolute atomic E-state index is 0.0211. The number of hydrogen-bond acceptors (Lipinski definition) is 3. The Morgan fingerprint density at radius 3 is 2.59 bits per heavy atom. The maximum Gasteiger partial charge on any atom is 0.225 e. The van der Waals surface area contributed by atoms with Gasteiger partial charge in [0.15, 0.2) is 0 Å². The molecule has 0 bridgehead atoms. The van der Waals surface area contributed by atoms with Gasteiger partial charge in [-0.1, -0.05) is 51.3 Å². The fourth-order valence-corrected chi connectivity index (χ4v) is 1.63. The molecule has 0 fully saturated rings. The molecule has 0 radical (unpaired) electrons. The lowest BCUT2D eigenvalue weighted by atomic mass is 9.95. The van der Waals surface area contributed by atoms with Crippen molar-refractivity contribution in [2.75, 3.05) is 4.72 Å². The van der Waals surface area contributed by atoms with Gasteiger partial charge >= 0.3 is 0 Å². The summed E-state index contributed by atoms with van der Waals surface area (Å²) in [5, 5.41) is 3.48. The second-order valence-electron chi connectivity index (χ2n) is 4.86. The molecule has 0 aromatic heterocycles. The summed E-state index contributed by atoms with van der Waals surface area (Å²) in [5.41, 5.74) is 1.33. The van der Waals surface area contributed by atoms with E-state index >= 15 is 0 Å². The zero-order valence-electron chi connectivity index (χ0n) is 10.2. The minimum atomic E-state index is -0.378. The largest absolute Gasteiger partial charge is 0.352 e. The predicted octanol–water partition coefficient (Wildman–Crippen LogP) is 3.26. The number of nitrogens with one attached hydrogen (secondary N) is 2. The van der Waals surface area contributed by atoms with Crippen molar-refractivity contribution in [3.8, 4) is 0 Å². The molecule has 0 unspecified atom stereocenters. The van der Waals surface area contributed by atoms with Crippen molar-refractivity contribution in [2.45, 2.75) is 27.3 Å². The molecule has 0 aliphatic carbocycles.